The molecule has 2 aromatic rings. The first-order chi connectivity index (χ1) is 13.1. The number of rotatable bonds is 2. The average Bonchev–Trinajstić information content (AvgIpc) is 2.66. The maximum absolute atomic E-state index is 15.0. The van der Waals surface area contributed by atoms with Gasteiger partial charge in [0.25, 0.3) is 0 Å². The van der Waals surface area contributed by atoms with Crippen LogP contribution in [0.3, 0.4) is 0 Å². The van der Waals surface area contributed by atoms with Crippen molar-refractivity contribution >= 4 is 11.4 Å². The highest BCUT2D eigenvalue weighted by molar-refractivity contribution is 5.63. The summed E-state index contributed by atoms with van der Waals surface area (Å²) in [6, 6.07) is 2.31. The van der Waals surface area contributed by atoms with E-state index >= 15 is 0 Å². The van der Waals surface area contributed by atoms with Crippen molar-refractivity contribution in [3.05, 3.63) is 47.5 Å². The molecule has 0 saturated heterocycles. The number of benzene rings is 2. The highest BCUT2D eigenvalue weighted by Gasteiger charge is 2.99. The Labute approximate surface area is 157 Å². The Morgan fingerprint density at radius 1 is 0.552 bits per heavy atom. The molecule has 6 N–H and O–H groups in total. The van der Waals surface area contributed by atoms with E-state index in [4.69, 9.17) is 11.5 Å². The molecule has 0 amide bonds. The van der Waals surface area contributed by atoms with Crippen molar-refractivity contribution in [3.8, 4) is 11.5 Å². The molecule has 1 aliphatic carbocycles. The second-order valence-electron chi connectivity index (χ2n) is 6.59. The molecule has 0 atom stereocenters. The first kappa shape index (κ1) is 20.8. The van der Waals surface area contributed by atoms with Gasteiger partial charge in [-0.3, -0.25) is 0 Å². The lowest BCUT2D eigenvalue weighted by molar-refractivity contribution is -0.303. The van der Waals surface area contributed by atoms with Crippen LogP contribution < -0.4 is 11.5 Å². The summed E-state index contributed by atoms with van der Waals surface area (Å²) < 4.78 is 116. The van der Waals surface area contributed by atoms with E-state index in [1.165, 1.54) is 0 Å². The lowest BCUT2D eigenvalue weighted by atomic mass is 9.68. The Morgan fingerprint density at radius 3 is 1.14 bits per heavy atom. The van der Waals surface area contributed by atoms with E-state index in [9.17, 15) is 45.3 Å². The van der Waals surface area contributed by atoms with Gasteiger partial charge in [-0.15, -0.1) is 0 Å². The zero-order chi connectivity index (χ0) is 22.2. The van der Waals surface area contributed by atoms with Crippen molar-refractivity contribution in [1.29, 1.82) is 0 Å². The van der Waals surface area contributed by atoms with E-state index in [-0.39, 0.29) is 12.1 Å². The van der Waals surface area contributed by atoms with Crippen LogP contribution in [-0.2, 0) is 5.41 Å². The third kappa shape index (κ3) is 2.08. The highest BCUT2D eigenvalue weighted by Crippen LogP contribution is 2.74. The summed E-state index contributed by atoms with van der Waals surface area (Å²) >= 11 is 0. The van der Waals surface area contributed by atoms with Gasteiger partial charge in [0, 0.05) is 0 Å². The Hall–Kier alpha value is -2.92. The highest BCUT2D eigenvalue weighted by atomic mass is 19.4. The zero-order valence-electron chi connectivity index (χ0n) is 14.0. The largest absolute Gasteiger partial charge is 0.506 e. The summed E-state index contributed by atoms with van der Waals surface area (Å²) in [7, 11) is 0. The van der Waals surface area contributed by atoms with Gasteiger partial charge in [0.1, 0.15) is 11.5 Å². The summed E-state index contributed by atoms with van der Waals surface area (Å²) in [6.07, 6.45) is 0. The molecule has 3 rings (SSSR count). The Kier molecular flexibility index (Phi) is 4.00. The monoisotopic (exact) mass is 428 g/mol. The minimum atomic E-state index is -6.48. The molecule has 0 aliphatic heterocycles. The number of aromatic hydroxyl groups is 2. The first-order valence-electron chi connectivity index (χ1n) is 7.76. The number of alkyl halides is 8. The molecule has 0 bridgehead atoms. The van der Waals surface area contributed by atoms with Gasteiger partial charge in [0.05, 0.1) is 11.4 Å². The Bertz CT molecular complexity index is 914. The number of anilines is 2. The molecule has 0 unspecified atom stereocenters. The standard InChI is InChI=1S/C17H12F8N2O2/c18-14(19)13(7-1-3-11(28)9(26)5-7,8-2-4-12(29)10(27)6-8)15(20,21)17(24,25)16(14,22)23/h1-6,28-29H,26-27H2. The van der Waals surface area contributed by atoms with E-state index in [1.807, 2.05) is 0 Å². The van der Waals surface area contributed by atoms with Gasteiger partial charge in [-0.1, -0.05) is 12.1 Å². The van der Waals surface area contributed by atoms with Gasteiger partial charge in [-0.05, 0) is 35.4 Å². The molecule has 2 aromatic carbocycles. The van der Waals surface area contributed by atoms with Crippen molar-refractivity contribution in [1.82, 2.24) is 0 Å². The summed E-state index contributed by atoms with van der Waals surface area (Å²) in [4.78, 5) is 0. The van der Waals surface area contributed by atoms with Crippen molar-refractivity contribution < 1.29 is 45.3 Å². The molecule has 29 heavy (non-hydrogen) atoms. The van der Waals surface area contributed by atoms with Crippen molar-refractivity contribution in [2.24, 2.45) is 0 Å². The first-order valence-corrected chi connectivity index (χ1v) is 7.76. The molecule has 4 nitrogen and oxygen atoms in total. The third-order valence-electron chi connectivity index (χ3n) is 5.05. The number of halogens is 8. The molecule has 0 heterocycles. The molecule has 1 aliphatic rings. The maximum atomic E-state index is 15.0. The topological polar surface area (TPSA) is 92.5 Å². The molecular formula is C17H12F8N2O2. The van der Waals surface area contributed by atoms with E-state index in [0.29, 0.717) is 24.3 Å². The van der Waals surface area contributed by atoms with Gasteiger partial charge in [-0.2, -0.15) is 35.1 Å². The van der Waals surface area contributed by atoms with Crippen molar-refractivity contribution in [2.75, 3.05) is 11.5 Å². The maximum Gasteiger partial charge on any atom is 0.379 e. The van der Waals surface area contributed by atoms with E-state index in [2.05, 4.69) is 0 Å². The molecule has 0 spiro atoms. The van der Waals surface area contributed by atoms with Crippen LogP contribution >= 0.6 is 0 Å². The van der Waals surface area contributed by atoms with Crippen LogP contribution in [-0.4, -0.2) is 33.9 Å². The minimum absolute atomic E-state index is 0.275. The fraction of sp³-hybridized carbons (Fsp3) is 0.294. The fourth-order valence-corrected chi connectivity index (χ4v) is 3.53. The molecular weight excluding hydrogens is 416 g/mol. The van der Waals surface area contributed by atoms with Crippen LogP contribution in [0.25, 0.3) is 0 Å². The fourth-order valence-electron chi connectivity index (χ4n) is 3.53. The van der Waals surface area contributed by atoms with Crippen molar-refractivity contribution in [3.63, 3.8) is 0 Å². The van der Waals surface area contributed by atoms with Gasteiger partial charge >= 0.3 is 23.7 Å². The van der Waals surface area contributed by atoms with Crippen LogP contribution in [0, 0.1) is 0 Å². The van der Waals surface area contributed by atoms with Crippen LogP contribution in [0.1, 0.15) is 11.1 Å². The zero-order valence-corrected chi connectivity index (χ0v) is 14.0. The number of hydrogen-bond donors (Lipinski definition) is 4. The molecule has 12 heteroatoms. The number of phenolic OH excluding ortho intramolecular Hbond substituents is 2. The van der Waals surface area contributed by atoms with Gasteiger partial charge in [-0.25, -0.2) is 0 Å². The Balaban J connectivity index is 2.56. The molecule has 0 aromatic heterocycles. The molecule has 158 valence electrons. The Morgan fingerprint density at radius 2 is 0.862 bits per heavy atom. The van der Waals surface area contributed by atoms with Crippen LogP contribution in [0.15, 0.2) is 36.4 Å². The smallest absolute Gasteiger partial charge is 0.379 e. The molecule has 1 fully saturated rings. The normalized spacial score (nSPS) is 23.0. The van der Waals surface area contributed by atoms with Crippen LogP contribution in [0.4, 0.5) is 46.5 Å². The van der Waals surface area contributed by atoms with Gasteiger partial charge in [0.15, 0.2) is 5.41 Å². The SMILES string of the molecule is Nc1cc(C2(c3ccc(O)c(N)c3)C(F)(F)C(F)(F)C(F)(F)C2(F)F)ccc1O. The van der Waals surface area contributed by atoms with Crippen molar-refractivity contribution in [2.45, 2.75) is 29.1 Å². The van der Waals surface area contributed by atoms with E-state index in [1.54, 1.807) is 0 Å². The lowest BCUT2D eigenvalue weighted by Gasteiger charge is -2.39. The number of phenols is 2. The number of hydrogen-bond acceptors (Lipinski definition) is 4. The predicted octanol–water partition coefficient (Wildman–Crippen LogP) is 4.10. The van der Waals surface area contributed by atoms with Gasteiger partial charge < -0.3 is 21.7 Å². The second-order valence-corrected chi connectivity index (χ2v) is 6.59. The summed E-state index contributed by atoms with van der Waals surface area (Å²) in [6.45, 7) is 0. The predicted molar refractivity (Wildman–Crippen MR) is 85.6 cm³/mol. The van der Waals surface area contributed by atoms with Crippen LogP contribution in [0.5, 0.6) is 11.5 Å². The summed E-state index contributed by atoms with van der Waals surface area (Å²) in [5, 5.41) is 18.9. The summed E-state index contributed by atoms with van der Waals surface area (Å²) in [5.74, 6) is -26.6. The lowest BCUT2D eigenvalue weighted by Crippen LogP contribution is -2.56. The summed E-state index contributed by atoms with van der Waals surface area (Å²) in [5.41, 5.74) is 1.57. The van der Waals surface area contributed by atoms with E-state index in [0.717, 1.165) is 0 Å². The third-order valence-corrected chi connectivity index (χ3v) is 5.05. The molecule has 1 saturated carbocycles. The van der Waals surface area contributed by atoms with Crippen LogP contribution in [0.2, 0.25) is 0 Å². The second kappa shape index (κ2) is 5.57. The minimum Gasteiger partial charge on any atom is -0.506 e. The van der Waals surface area contributed by atoms with E-state index < -0.39 is 63.1 Å². The quantitative estimate of drug-likeness (QED) is 0.329. The number of nitrogens with two attached hydrogens (primary N) is 2. The molecule has 0 radical (unpaired) electrons. The average molecular weight is 428 g/mol. The van der Waals surface area contributed by atoms with Gasteiger partial charge in [0.2, 0.25) is 0 Å². The number of nitrogen functional groups attached to an aromatic ring is 2.